The quantitative estimate of drug-likeness (QED) is 0.765. The molecular formula is C17H16N2O. The summed E-state index contributed by atoms with van der Waals surface area (Å²) in [6.45, 7) is 1.96. The Hall–Kier alpha value is -2.55. The van der Waals surface area contributed by atoms with Gasteiger partial charge in [-0.3, -0.25) is 4.68 Å². The third-order valence-electron chi connectivity index (χ3n) is 3.38. The number of aromatic hydroxyl groups is 1. The molecule has 0 saturated carbocycles. The lowest BCUT2D eigenvalue weighted by molar-refractivity contribution is 0.476. The minimum atomic E-state index is 0.285. The van der Waals surface area contributed by atoms with Gasteiger partial charge in [0, 0.05) is 18.2 Å². The number of hydrogen-bond donors (Lipinski definition) is 1. The third-order valence-corrected chi connectivity index (χ3v) is 3.38. The molecule has 1 aromatic heterocycles. The molecule has 20 heavy (non-hydrogen) atoms. The van der Waals surface area contributed by atoms with Gasteiger partial charge in [-0.2, -0.15) is 5.10 Å². The molecule has 0 aliphatic rings. The summed E-state index contributed by atoms with van der Waals surface area (Å²) in [6, 6.07) is 17.7. The Bertz CT molecular complexity index is 745. The molecule has 0 radical (unpaired) electrons. The second kappa shape index (κ2) is 4.85. The summed E-state index contributed by atoms with van der Waals surface area (Å²) in [7, 11) is 1.89. The molecule has 0 spiro atoms. The van der Waals surface area contributed by atoms with Crippen molar-refractivity contribution in [2.75, 3.05) is 0 Å². The Labute approximate surface area is 118 Å². The number of phenolic OH excluding ortho intramolecular Hbond substituents is 1. The van der Waals surface area contributed by atoms with Crippen molar-refractivity contribution in [1.82, 2.24) is 9.78 Å². The number of rotatable bonds is 2. The fourth-order valence-electron chi connectivity index (χ4n) is 2.33. The normalized spacial score (nSPS) is 10.7. The van der Waals surface area contributed by atoms with Gasteiger partial charge in [0.15, 0.2) is 0 Å². The maximum Gasteiger partial charge on any atom is 0.125 e. The van der Waals surface area contributed by atoms with Gasteiger partial charge in [-0.05, 0) is 30.7 Å². The first-order chi connectivity index (χ1) is 9.65. The van der Waals surface area contributed by atoms with Gasteiger partial charge in [-0.1, -0.05) is 36.4 Å². The number of aromatic nitrogens is 2. The Morgan fingerprint density at radius 2 is 1.75 bits per heavy atom. The molecule has 3 aromatic rings. The first kappa shape index (κ1) is 12.5. The second-order valence-corrected chi connectivity index (χ2v) is 4.93. The highest BCUT2D eigenvalue weighted by atomic mass is 16.3. The molecule has 0 amide bonds. The number of nitrogens with zero attached hydrogens (tertiary/aromatic N) is 2. The van der Waals surface area contributed by atoms with E-state index in [9.17, 15) is 5.11 Å². The Morgan fingerprint density at radius 3 is 2.45 bits per heavy atom. The summed E-state index contributed by atoms with van der Waals surface area (Å²) in [6.07, 6.45) is 0. The molecular weight excluding hydrogens is 248 g/mol. The standard InChI is InChI=1S/C17H16N2O/c1-12-8-9-14(17(20)10-12)16-11-15(18-19(16)2)13-6-4-3-5-7-13/h3-11,20H,1-2H3. The van der Waals surface area contributed by atoms with Crippen molar-refractivity contribution in [2.24, 2.45) is 7.05 Å². The number of hydrogen-bond acceptors (Lipinski definition) is 2. The van der Waals surface area contributed by atoms with E-state index in [2.05, 4.69) is 5.10 Å². The van der Waals surface area contributed by atoms with E-state index < -0.39 is 0 Å². The fraction of sp³-hybridized carbons (Fsp3) is 0.118. The highest BCUT2D eigenvalue weighted by Crippen LogP contribution is 2.32. The first-order valence-corrected chi connectivity index (χ1v) is 6.54. The summed E-state index contributed by atoms with van der Waals surface area (Å²) in [5.74, 6) is 0.285. The zero-order valence-corrected chi connectivity index (χ0v) is 11.5. The third kappa shape index (κ3) is 2.18. The molecule has 3 heteroatoms. The molecule has 0 unspecified atom stereocenters. The van der Waals surface area contributed by atoms with Crippen LogP contribution < -0.4 is 0 Å². The van der Waals surface area contributed by atoms with Crippen molar-refractivity contribution in [1.29, 1.82) is 0 Å². The van der Waals surface area contributed by atoms with Crippen molar-refractivity contribution in [3.63, 3.8) is 0 Å². The van der Waals surface area contributed by atoms with Crippen molar-refractivity contribution < 1.29 is 5.11 Å². The minimum Gasteiger partial charge on any atom is -0.507 e. The van der Waals surface area contributed by atoms with Gasteiger partial charge in [-0.25, -0.2) is 0 Å². The van der Waals surface area contributed by atoms with Crippen LogP contribution >= 0.6 is 0 Å². The summed E-state index contributed by atoms with van der Waals surface area (Å²) < 4.78 is 1.80. The monoisotopic (exact) mass is 264 g/mol. The van der Waals surface area contributed by atoms with Crippen LogP contribution in [0.25, 0.3) is 22.5 Å². The summed E-state index contributed by atoms with van der Waals surface area (Å²) in [4.78, 5) is 0. The van der Waals surface area contributed by atoms with Crippen molar-refractivity contribution >= 4 is 0 Å². The van der Waals surface area contributed by atoms with Crippen LogP contribution in [0.15, 0.2) is 54.6 Å². The molecule has 3 rings (SSSR count). The predicted molar refractivity (Wildman–Crippen MR) is 80.5 cm³/mol. The van der Waals surface area contributed by atoms with Gasteiger partial charge in [0.05, 0.1) is 11.4 Å². The zero-order chi connectivity index (χ0) is 14.1. The summed E-state index contributed by atoms with van der Waals surface area (Å²) >= 11 is 0. The van der Waals surface area contributed by atoms with E-state index in [0.29, 0.717) is 0 Å². The van der Waals surface area contributed by atoms with Crippen LogP contribution in [0.2, 0.25) is 0 Å². The van der Waals surface area contributed by atoms with Crippen LogP contribution in [0.4, 0.5) is 0 Å². The van der Waals surface area contributed by atoms with E-state index in [0.717, 1.165) is 28.1 Å². The summed E-state index contributed by atoms with van der Waals surface area (Å²) in [5.41, 5.74) is 4.72. The van der Waals surface area contributed by atoms with Gasteiger partial charge in [-0.15, -0.1) is 0 Å². The van der Waals surface area contributed by atoms with Crippen LogP contribution in [0.1, 0.15) is 5.56 Å². The molecule has 0 saturated heterocycles. The van der Waals surface area contributed by atoms with Crippen LogP contribution in [0.5, 0.6) is 5.75 Å². The lowest BCUT2D eigenvalue weighted by Crippen LogP contribution is -1.94. The number of aryl methyl sites for hydroxylation is 2. The minimum absolute atomic E-state index is 0.285. The van der Waals surface area contributed by atoms with E-state index in [1.54, 1.807) is 10.7 Å². The molecule has 1 heterocycles. The topological polar surface area (TPSA) is 38.0 Å². The van der Waals surface area contributed by atoms with Crippen molar-refractivity contribution in [3.8, 4) is 28.3 Å². The first-order valence-electron chi connectivity index (χ1n) is 6.54. The predicted octanol–water partition coefficient (Wildman–Crippen LogP) is 3.77. The molecule has 0 aliphatic heterocycles. The van der Waals surface area contributed by atoms with Gasteiger partial charge in [0.2, 0.25) is 0 Å². The van der Waals surface area contributed by atoms with Crippen LogP contribution in [0.3, 0.4) is 0 Å². The van der Waals surface area contributed by atoms with E-state index >= 15 is 0 Å². The molecule has 2 aromatic carbocycles. The molecule has 1 N–H and O–H groups in total. The molecule has 3 nitrogen and oxygen atoms in total. The average Bonchev–Trinajstić information content (AvgIpc) is 2.82. The highest BCUT2D eigenvalue weighted by Gasteiger charge is 2.12. The smallest absolute Gasteiger partial charge is 0.125 e. The molecule has 0 aliphatic carbocycles. The average molecular weight is 264 g/mol. The SMILES string of the molecule is Cc1ccc(-c2cc(-c3ccccc3)nn2C)c(O)c1. The highest BCUT2D eigenvalue weighted by molar-refractivity contribution is 5.72. The molecule has 0 fully saturated rings. The maximum atomic E-state index is 10.1. The number of phenols is 1. The van der Waals surface area contributed by atoms with E-state index in [-0.39, 0.29) is 5.75 Å². The fourth-order valence-corrected chi connectivity index (χ4v) is 2.33. The van der Waals surface area contributed by atoms with Gasteiger partial charge in [0.25, 0.3) is 0 Å². The van der Waals surface area contributed by atoms with Crippen molar-refractivity contribution in [2.45, 2.75) is 6.92 Å². The Morgan fingerprint density at radius 1 is 1.00 bits per heavy atom. The van der Waals surface area contributed by atoms with Gasteiger partial charge < -0.3 is 5.11 Å². The second-order valence-electron chi connectivity index (χ2n) is 4.93. The van der Waals surface area contributed by atoms with Gasteiger partial charge >= 0.3 is 0 Å². The lowest BCUT2D eigenvalue weighted by atomic mass is 10.1. The van der Waals surface area contributed by atoms with Crippen LogP contribution in [-0.4, -0.2) is 14.9 Å². The lowest BCUT2D eigenvalue weighted by Gasteiger charge is -2.05. The van der Waals surface area contributed by atoms with Crippen molar-refractivity contribution in [3.05, 3.63) is 60.2 Å². The Kier molecular flexibility index (Phi) is 3.03. The van der Waals surface area contributed by atoms with Crippen LogP contribution in [0, 0.1) is 6.92 Å². The zero-order valence-electron chi connectivity index (χ0n) is 11.5. The largest absolute Gasteiger partial charge is 0.507 e. The van der Waals surface area contributed by atoms with Crippen LogP contribution in [-0.2, 0) is 7.05 Å². The molecule has 0 atom stereocenters. The molecule has 100 valence electrons. The number of benzene rings is 2. The molecule has 0 bridgehead atoms. The van der Waals surface area contributed by atoms with Gasteiger partial charge in [0.1, 0.15) is 5.75 Å². The van der Waals surface area contributed by atoms with E-state index in [4.69, 9.17) is 0 Å². The Balaban J connectivity index is 2.10. The van der Waals surface area contributed by atoms with E-state index in [1.807, 2.05) is 62.5 Å². The summed E-state index contributed by atoms with van der Waals surface area (Å²) in [5, 5.41) is 14.6. The van der Waals surface area contributed by atoms with E-state index in [1.165, 1.54) is 0 Å². The maximum absolute atomic E-state index is 10.1.